The average Bonchev–Trinajstić information content (AvgIpc) is 3.07. The molecule has 27 heavy (non-hydrogen) atoms. The Hall–Kier alpha value is -3.12. The maximum Gasteiger partial charge on any atom is 0.311 e. The van der Waals surface area contributed by atoms with Crippen molar-refractivity contribution in [1.29, 1.82) is 0 Å². The average molecular weight is 385 g/mol. The summed E-state index contributed by atoms with van der Waals surface area (Å²) < 4.78 is 10.4. The molecule has 0 aliphatic rings. The molecule has 0 fully saturated rings. The van der Waals surface area contributed by atoms with Crippen LogP contribution in [-0.2, 0) is 20.7 Å². The van der Waals surface area contributed by atoms with Gasteiger partial charge in [-0.25, -0.2) is 0 Å². The predicted molar refractivity (Wildman–Crippen MR) is 100 cm³/mol. The number of anilines is 1. The third-order valence-electron chi connectivity index (χ3n) is 3.73. The first-order chi connectivity index (χ1) is 13.0. The Morgan fingerprint density at radius 1 is 1.15 bits per heavy atom. The molecule has 0 saturated heterocycles. The van der Waals surface area contributed by atoms with E-state index in [1.807, 2.05) is 6.07 Å². The van der Waals surface area contributed by atoms with Crippen LogP contribution in [0.1, 0.15) is 23.0 Å². The predicted octanol–water partition coefficient (Wildman–Crippen LogP) is 4.10. The fourth-order valence-electron chi connectivity index (χ4n) is 2.46. The Balaban J connectivity index is 1.74. The monoisotopic (exact) mass is 384 g/mol. The van der Waals surface area contributed by atoms with Crippen molar-refractivity contribution in [3.8, 4) is 0 Å². The normalized spacial score (nSPS) is 11.6. The summed E-state index contributed by atoms with van der Waals surface area (Å²) >= 11 is 5.85. The highest BCUT2D eigenvalue weighted by molar-refractivity contribution is 6.30. The molecule has 0 spiro atoms. The summed E-state index contributed by atoms with van der Waals surface area (Å²) in [5, 5.41) is 6.91. The van der Waals surface area contributed by atoms with Gasteiger partial charge >= 0.3 is 5.97 Å². The standard InChI is InChI=1S/C20H17ClN2O4/c1-13-11-17(23-27-13)22-20(25)19(15-5-3-2-4-6-15)26-18(24)12-14-7-9-16(21)10-8-14/h2-11,19H,12H2,1H3,(H,22,23,25). The van der Waals surface area contributed by atoms with E-state index < -0.39 is 18.0 Å². The molecule has 0 aliphatic heterocycles. The molecule has 0 radical (unpaired) electrons. The molecule has 1 unspecified atom stereocenters. The van der Waals surface area contributed by atoms with Gasteiger partial charge in [0, 0.05) is 16.7 Å². The molecule has 7 heteroatoms. The van der Waals surface area contributed by atoms with E-state index in [-0.39, 0.29) is 12.2 Å². The number of benzene rings is 2. The lowest BCUT2D eigenvalue weighted by molar-refractivity contribution is -0.154. The first-order valence-electron chi connectivity index (χ1n) is 8.24. The number of halogens is 1. The highest BCUT2D eigenvalue weighted by Gasteiger charge is 2.26. The molecule has 0 saturated carbocycles. The van der Waals surface area contributed by atoms with E-state index in [0.717, 1.165) is 5.56 Å². The van der Waals surface area contributed by atoms with Gasteiger partial charge in [-0.3, -0.25) is 9.59 Å². The lowest BCUT2D eigenvalue weighted by Crippen LogP contribution is -2.26. The molecule has 3 rings (SSSR count). The molecule has 0 aliphatic carbocycles. The topological polar surface area (TPSA) is 81.4 Å². The van der Waals surface area contributed by atoms with Crippen LogP contribution in [0.4, 0.5) is 5.82 Å². The van der Waals surface area contributed by atoms with Gasteiger partial charge in [-0.1, -0.05) is 59.2 Å². The zero-order valence-electron chi connectivity index (χ0n) is 14.5. The van der Waals surface area contributed by atoms with Gasteiger partial charge in [0.05, 0.1) is 6.42 Å². The maximum atomic E-state index is 12.7. The number of nitrogens with zero attached hydrogens (tertiary/aromatic N) is 1. The number of nitrogens with one attached hydrogen (secondary N) is 1. The summed E-state index contributed by atoms with van der Waals surface area (Å²) in [4.78, 5) is 25.0. The summed E-state index contributed by atoms with van der Waals surface area (Å²) in [6, 6.07) is 17.2. The third kappa shape index (κ3) is 5.18. The molecule has 6 nitrogen and oxygen atoms in total. The molecule has 0 bridgehead atoms. The second-order valence-corrected chi connectivity index (χ2v) is 6.33. The van der Waals surface area contributed by atoms with Crippen LogP contribution in [0.15, 0.2) is 65.2 Å². The molecule has 138 valence electrons. The van der Waals surface area contributed by atoms with Crippen LogP contribution in [0.3, 0.4) is 0 Å². The number of amides is 1. The maximum absolute atomic E-state index is 12.7. The molecular weight excluding hydrogens is 368 g/mol. The Kier molecular flexibility index (Phi) is 5.88. The Bertz CT molecular complexity index is 923. The van der Waals surface area contributed by atoms with Crippen molar-refractivity contribution in [2.75, 3.05) is 5.32 Å². The van der Waals surface area contributed by atoms with E-state index in [1.165, 1.54) is 0 Å². The fraction of sp³-hybridized carbons (Fsp3) is 0.150. The molecule has 1 amide bonds. The number of carbonyl (C=O) groups is 2. The number of aromatic nitrogens is 1. The van der Waals surface area contributed by atoms with E-state index in [0.29, 0.717) is 16.3 Å². The van der Waals surface area contributed by atoms with Crippen molar-refractivity contribution >= 4 is 29.3 Å². The smallest absolute Gasteiger partial charge is 0.311 e. The van der Waals surface area contributed by atoms with Gasteiger partial charge in [-0.2, -0.15) is 0 Å². The van der Waals surface area contributed by atoms with Crippen LogP contribution in [0.25, 0.3) is 0 Å². The molecule has 3 aromatic rings. The Morgan fingerprint density at radius 2 is 1.85 bits per heavy atom. The zero-order chi connectivity index (χ0) is 19.2. The Labute approximate surface area is 161 Å². The summed E-state index contributed by atoms with van der Waals surface area (Å²) in [5.41, 5.74) is 1.29. The van der Waals surface area contributed by atoms with E-state index in [9.17, 15) is 9.59 Å². The van der Waals surface area contributed by atoms with E-state index >= 15 is 0 Å². The number of hydrogen-bond donors (Lipinski definition) is 1. The highest BCUT2D eigenvalue weighted by atomic mass is 35.5. The van der Waals surface area contributed by atoms with Gasteiger partial charge in [0.15, 0.2) is 5.82 Å². The van der Waals surface area contributed by atoms with Crippen molar-refractivity contribution in [2.45, 2.75) is 19.4 Å². The first-order valence-corrected chi connectivity index (χ1v) is 8.62. The zero-order valence-corrected chi connectivity index (χ0v) is 15.3. The van der Waals surface area contributed by atoms with Crippen molar-refractivity contribution in [1.82, 2.24) is 5.16 Å². The van der Waals surface area contributed by atoms with Gasteiger partial charge in [0.25, 0.3) is 5.91 Å². The third-order valence-corrected chi connectivity index (χ3v) is 3.98. The molecule has 1 N–H and O–H groups in total. The second kappa shape index (κ2) is 8.51. The van der Waals surface area contributed by atoms with Crippen molar-refractivity contribution in [3.05, 3.63) is 82.6 Å². The number of aryl methyl sites for hydroxylation is 1. The van der Waals surface area contributed by atoms with Gasteiger partial charge in [-0.15, -0.1) is 0 Å². The number of hydrogen-bond acceptors (Lipinski definition) is 5. The summed E-state index contributed by atoms with van der Waals surface area (Å²) in [6.45, 7) is 1.71. The van der Waals surface area contributed by atoms with Gasteiger partial charge < -0.3 is 14.6 Å². The van der Waals surface area contributed by atoms with Gasteiger partial charge in [0.2, 0.25) is 6.10 Å². The van der Waals surface area contributed by atoms with Crippen LogP contribution in [0.5, 0.6) is 0 Å². The molecule has 1 atom stereocenters. The molecule has 2 aromatic carbocycles. The number of rotatable bonds is 6. The van der Waals surface area contributed by atoms with Crippen LogP contribution in [-0.4, -0.2) is 17.0 Å². The first kappa shape index (κ1) is 18.7. The fourth-order valence-corrected chi connectivity index (χ4v) is 2.59. The van der Waals surface area contributed by atoms with Crippen molar-refractivity contribution in [2.24, 2.45) is 0 Å². The SMILES string of the molecule is Cc1cc(NC(=O)C(OC(=O)Cc2ccc(Cl)cc2)c2ccccc2)no1. The van der Waals surface area contributed by atoms with Crippen molar-refractivity contribution in [3.63, 3.8) is 0 Å². The quantitative estimate of drug-likeness (QED) is 0.647. The summed E-state index contributed by atoms with van der Waals surface area (Å²) in [7, 11) is 0. The second-order valence-electron chi connectivity index (χ2n) is 5.90. The summed E-state index contributed by atoms with van der Waals surface area (Å²) in [6.07, 6.45) is -1.08. The van der Waals surface area contributed by atoms with Crippen LogP contribution in [0.2, 0.25) is 5.02 Å². The molecule has 1 heterocycles. The van der Waals surface area contributed by atoms with E-state index in [1.54, 1.807) is 61.5 Å². The van der Waals surface area contributed by atoms with Crippen LogP contribution < -0.4 is 5.32 Å². The minimum absolute atomic E-state index is 0.0247. The highest BCUT2D eigenvalue weighted by Crippen LogP contribution is 2.21. The minimum Gasteiger partial charge on any atom is -0.447 e. The van der Waals surface area contributed by atoms with Gasteiger partial charge in [-0.05, 0) is 24.6 Å². The van der Waals surface area contributed by atoms with Crippen LogP contribution in [0, 0.1) is 6.92 Å². The Morgan fingerprint density at radius 3 is 2.48 bits per heavy atom. The van der Waals surface area contributed by atoms with Crippen molar-refractivity contribution < 1.29 is 18.8 Å². The van der Waals surface area contributed by atoms with Crippen LogP contribution >= 0.6 is 11.6 Å². The van der Waals surface area contributed by atoms with E-state index in [4.69, 9.17) is 20.9 Å². The van der Waals surface area contributed by atoms with Gasteiger partial charge in [0.1, 0.15) is 5.76 Å². The number of ether oxygens (including phenoxy) is 1. The number of esters is 1. The largest absolute Gasteiger partial charge is 0.447 e. The lowest BCUT2D eigenvalue weighted by atomic mass is 10.1. The summed E-state index contributed by atoms with van der Waals surface area (Å²) in [5.74, 6) is -0.231. The molecule has 1 aromatic heterocycles. The molecular formula is C20H17ClN2O4. The van der Waals surface area contributed by atoms with E-state index in [2.05, 4.69) is 10.5 Å². The lowest BCUT2D eigenvalue weighted by Gasteiger charge is -2.17. The number of carbonyl (C=O) groups excluding carboxylic acids is 2. The minimum atomic E-state index is -1.11.